The Bertz CT molecular complexity index is 629. The summed E-state index contributed by atoms with van der Waals surface area (Å²) in [5.41, 5.74) is -0.641. The molecule has 4 nitrogen and oxygen atoms in total. The zero-order valence-corrected chi connectivity index (χ0v) is 14.0. The summed E-state index contributed by atoms with van der Waals surface area (Å²) in [6.07, 6.45) is 0. The Morgan fingerprint density at radius 3 is 2.05 bits per heavy atom. The third kappa shape index (κ3) is 2.93. The highest BCUT2D eigenvalue weighted by atomic mass is 79.9. The van der Waals surface area contributed by atoms with E-state index < -0.39 is 33.4 Å². The SMILES string of the molecule is CC1(C)OB(c2cc(Br)cc(S(=O)(=O)F)c2)OC1(C)C. The Balaban J connectivity index is 2.44. The van der Waals surface area contributed by atoms with Gasteiger partial charge in [-0.15, -0.1) is 3.89 Å². The van der Waals surface area contributed by atoms with Gasteiger partial charge in [-0.05, 0) is 51.4 Å². The third-order valence-corrected chi connectivity index (χ3v) is 4.96. The first kappa shape index (κ1) is 15.9. The van der Waals surface area contributed by atoms with Crippen molar-refractivity contribution in [1.82, 2.24) is 0 Å². The summed E-state index contributed by atoms with van der Waals surface area (Å²) in [4.78, 5) is -0.420. The second kappa shape index (κ2) is 4.79. The molecule has 20 heavy (non-hydrogen) atoms. The highest BCUT2D eigenvalue weighted by molar-refractivity contribution is 9.10. The van der Waals surface area contributed by atoms with Crippen molar-refractivity contribution in [1.29, 1.82) is 0 Å². The van der Waals surface area contributed by atoms with E-state index in [2.05, 4.69) is 15.9 Å². The topological polar surface area (TPSA) is 52.6 Å². The molecular formula is C12H15BBrFO4S. The number of halogens is 2. The second-order valence-electron chi connectivity index (χ2n) is 5.75. The lowest BCUT2D eigenvalue weighted by Crippen LogP contribution is -2.41. The van der Waals surface area contributed by atoms with E-state index in [1.54, 1.807) is 6.07 Å². The van der Waals surface area contributed by atoms with Crippen molar-refractivity contribution in [3.63, 3.8) is 0 Å². The third-order valence-electron chi connectivity index (χ3n) is 3.70. The fourth-order valence-corrected chi connectivity index (χ4v) is 3.05. The smallest absolute Gasteiger partial charge is 0.399 e. The van der Waals surface area contributed by atoms with E-state index >= 15 is 0 Å². The van der Waals surface area contributed by atoms with E-state index in [4.69, 9.17) is 9.31 Å². The molecule has 2 rings (SSSR count). The molecule has 0 spiro atoms. The molecule has 1 aliphatic rings. The molecule has 110 valence electrons. The highest BCUT2D eigenvalue weighted by Crippen LogP contribution is 2.36. The average molecular weight is 365 g/mol. The summed E-state index contributed by atoms with van der Waals surface area (Å²) in [6.45, 7) is 7.55. The molecule has 0 aliphatic carbocycles. The molecule has 0 bridgehead atoms. The summed E-state index contributed by atoms with van der Waals surface area (Å²) in [7, 11) is -5.51. The van der Waals surface area contributed by atoms with Gasteiger partial charge in [0.15, 0.2) is 0 Å². The van der Waals surface area contributed by atoms with Gasteiger partial charge in [0.05, 0.1) is 16.1 Å². The Kier molecular flexibility index (Phi) is 3.82. The van der Waals surface area contributed by atoms with Crippen LogP contribution >= 0.6 is 15.9 Å². The average Bonchev–Trinajstić information content (AvgIpc) is 2.46. The molecule has 1 aromatic carbocycles. The van der Waals surface area contributed by atoms with E-state index in [1.165, 1.54) is 12.1 Å². The molecule has 8 heteroatoms. The molecule has 1 aliphatic heterocycles. The minimum atomic E-state index is -4.78. The molecule has 0 saturated carbocycles. The van der Waals surface area contributed by atoms with Crippen LogP contribution in [-0.2, 0) is 19.5 Å². The molecule has 1 aromatic rings. The van der Waals surface area contributed by atoms with Gasteiger partial charge >= 0.3 is 17.3 Å². The first-order chi connectivity index (χ1) is 8.92. The van der Waals surface area contributed by atoms with Crippen molar-refractivity contribution < 1.29 is 21.6 Å². The maximum atomic E-state index is 13.1. The van der Waals surface area contributed by atoms with Gasteiger partial charge < -0.3 is 9.31 Å². The van der Waals surface area contributed by atoms with Crippen molar-refractivity contribution in [3.05, 3.63) is 22.7 Å². The van der Waals surface area contributed by atoms with Crippen molar-refractivity contribution in [3.8, 4) is 0 Å². The van der Waals surface area contributed by atoms with Crippen LogP contribution in [0.25, 0.3) is 0 Å². The molecule has 0 N–H and O–H groups in total. The predicted molar refractivity (Wildman–Crippen MR) is 78.2 cm³/mol. The molecule has 1 saturated heterocycles. The maximum Gasteiger partial charge on any atom is 0.494 e. The lowest BCUT2D eigenvalue weighted by atomic mass is 9.79. The fourth-order valence-electron chi connectivity index (χ4n) is 1.84. The van der Waals surface area contributed by atoms with E-state index in [9.17, 15) is 12.3 Å². The van der Waals surface area contributed by atoms with Crippen molar-refractivity contribution in [2.45, 2.75) is 43.8 Å². The standard InChI is InChI=1S/C12H15BBrFO4S/c1-11(2)12(3,4)19-13(18-11)8-5-9(14)7-10(6-8)20(15,16)17/h5-7H,1-4H3. The quantitative estimate of drug-likeness (QED) is 0.597. The molecule has 1 fully saturated rings. The molecule has 0 unspecified atom stereocenters. The van der Waals surface area contributed by atoms with Crippen LogP contribution in [0.5, 0.6) is 0 Å². The second-order valence-corrected chi connectivity index (χ2v) is 8.01. The first-order valence-corrected chi connectivity index (χ1v) is 8.21. The number of benzene rings is 1. The normalized spacial score (nSPS) is 21.2. The van der Waals surface area contributed by atoms with Crippen LogP contribution in [0.1, 0.15) is 27.7 Å². The largest absolute Gasteiger partial charge is 0.494 e. The van der Waals surface area contributed by atoms with E-state index in [0.29, 0.717) is 9.94 Å². The molecular weight excluding hydrogens is 350 g/mol. The Hall–Kier alpha value is -0.435. The van der Waals surface area contributed by atoms with E-state index in [-0.39, 0.29) is 0 Å². The van der Waals surface area contributed by atoms with Gasteiger partial charge in [0.1, 0.15) is 0 Å². The van der Waals surface area contributed by atoms with Gasteiger partial charge in [0, 0.05) is 4.47 Å². The van der Waals surface area contributed by atoms with Gasteiger partial charge in [-0.1, -0.05) is 15.9 Å². The molecule has 1 heterocycles. The zero-order valence-electron chi connectivity index (χ0n) is 11.6. The van der Waals surface area contributed by atoms with Crippen LogP contribution in [-0.4, -0.2) is 26.7 Å². The van der Waals surface area contributed by atoms with Crippen LogP contribution in [0.3, 0.4) is 0 Å². The van der Waals surface area contributed by atoms with Gasteiger partial charge in [0.25, 0.3) is 0 Å². The summed E-state index contributed by atoms with van der Waals surface area (Å²) >= 11 is 3.17. The van der Waals surface area contributed by atoms with Crippen molar-refractivity contribution in [2.75, 3.05) is 0 Å². The van der Waals surface area contributed by atoms with Gasteiger partial charge in [-0.25, -0.2) is 0 Å². The number of hydrogen-bond donors (Lipinski definition) is 0. The number of rotatable bonds is 2. The zero-order chi connectivity index (χ0) is 15.3. The van der Waals surface area contributed by atoms with Crippen LogP contribution in [0.15, 0.2) is 27.6 Å². The van der Waals surface area contributed by atoms with Gasteiger partial charge in [0.2, 0.25) is 0 Å². The summed E-state index contributed by atoms with van der Waals surface area (Å²) in [5.74, 6) is 0. The van der Waals surface area contributed by atoms with Crippen LogP contribution in [0.2, 0.25) is 0 Å². The van der Waals surface area contributed by atoms with E-state index in [1.807, 2.05) is 27.7 Å². The monoisotopic (exact) mass is 364 g/mol. The lowest BCUT2D eigenvalue weighted by molar-refractivity contribution is 0.00578. The lowest BCUT2D eigenvalue weighted by Gasteiger charge is -2.32. The van der Waals surface area contributed by atoms with Gasteiger partial charge in [-0.3, -0.25) is 0 Å². The Morgan fingerprint density at radius 2 is 1.60 bits per heavy atom. The Morgan fingerprint density at radius 1 is 1.10 bits per heavy atom. The first-order valence-electron chi connectivity index (χ1n) is 6.03. The minimum Gasteiger partial charge on any atom is -0.399 e. The molecule has 0 atom stereocenters. The molecule has 0 aromatic heterocycles. The summed E-state index contributed by atoms with van der Waals surface area (Å²) in [6, 6.07) is 4.07. The van der Waals surface area contributed by atoms with Crippen LogP contribution in [0, 0.1) is 0 Å². The summed E-state index contributed by atoms with van der Waals surface area (Å²) in [5, 5.41) is 0. The van der Waals surface area contributed by atoms with Crippen LogP contribution < -0.4 is 5.46 Å². The summed E-state index contributed by atoms with van der Waals surface area (Å²) < 4.78 is 47.3. The molecule has 0 radical (unpaired) electrons. The van der Waals surface area contributed by atoms with Crippen LogP contribution in [0.4, 0.5) is 3.89 Å². The molecule has 0 amide bonds. The van der Waals surface area contributed by atoms with Gasteiger partial charge in [-0.2, -0.15) is 8.42 Å². The highest BCUT2D eigenvalue weighted by Gasteiger charge is 2.51. The van der Waals surface area contributed by atoms with E-state index in [0.717, 1.165) is 0 Å². The Labute approximate surface area is 127 Å². The maximum absolute atomic E-state index is 13.1. The number of hydrogen-bond acceptors (Lipinski definition) is 4. The van der Waals surface area contributed by atoms with Crippen molar-refractivity contribution in [2.24, 2.45) is 0 Å². The minimum absolute atomic E-state index is 0.420. The predicted octanol–water partition coefficient (Wildman–Crippen LogP) is 2.41. The van der Waals surface area contributed by atoms with Crippen molar-refractivity contribution >= 4 is 38.7 Å². The fraction of sp³-hybridized carbons (Fsp3) is 0.500.